The first-order chi connectivity index (χ1) is 8.62. The molecule has 1 aromatic carbocycles. The second-order valence-corrected chi connectivity index (χ2v) is 4.86. The minimum absolute atomic E-state index is 0.00460. The van der Waals surface area contributed by atoms with Gasteiger partial charge in [0.15, 0.2) is 11.5 Å². The van der Waals surface area contributed by atoms with Gasteiger partial charge in [-0.05, 0) is 30.7 Å². The van der Waals surface area contributed by atoms with Gasteiger partial charge >= 0.3 is 0 Å². The van der Waals surface area contributed by atoms with Gasteiger partial charge in [0.2, 0.25) is 6.79 Å². The van der Waals surface area contributed by atoms with E-state index in [4.69, 9.17) is 9.47 Å². The molecule has 3 nitrogen and oxygen atoms in total. The van der Waals surface area contributed by atoms with E-state index in [-0.39, 0.29) is 19.8 Å². The van der Waals surface area contributed by atoms with Crippen molar-refractivity contribution in [1.82, 2.24) is 4.90 Å². The molecule has 0 unspecified atom stereocenters. The maximum atomic E-state index is 13.3. The van der Waals surface area contributed by atoms with E-state index in [9.17, 15) is 8.78 Å². The second-order valence-electron chi connectivity index (χ2n) is 4.86. The maximum absolute atomic E-state index is 13.3. The minimum atomic E-state index is -2.55. The summed E-state index contributed by atoms with van der Waals surface area (Å²) in [5.74, 6) is -1.12. The van der Waals surface area contributed by atoms with Crippen LogP contribution in [-0.2, 0) is 6.54 Å². The summed E-state index contributed by atoms with van der Waals surface area (Å²) in [6.07, 6.45) is 0.558. The molecule has 18 heavy (non-hydrogen) atoms. The molecule has 0 aromatic heterocycles. The molecule has 0 amide bonds. The summed E-state index contributed by atoms with van der Waals surface area (Å²) in [7, 11) is 0. The third kappa shape index (κ3) is 2.41. The zero-order chi connectivity index (χ0) is 12.6. The van der Waals surface area contributed by atoms with Gasteiger partial charge in [-0.2, -0.15) is 0 Å². The van der Waals surface area contributed by atoms with Crippen molar-refractivity contribution in [3.63, 3.8) is 0 Å². The highest BCUT2D eigenvalue weighted by Gasteiger charge is 2.34. The van der Waals surface area contributed by atoms with Gasteiger partial charge in [-0.15, -0.1) is 0 Å². The molecule has 0 saturated carbocycles. The molecule has 1 fully saturated rings. The summed E-state index contributed by atoms with van der Waals surface area (Å²) >= 11 is 0. The van der Waals surface area contributed by atoms with Gasteiger partial charge in [-0.3, -0.25) is 4.90 Å². The van der Waals surface area contributed by atoms with Crippen LogP contribution < -0.4 is 9.47 Å². The number of likely N-dealkylation sites (tertiary alicyclic amines) is 1. The van der Waals surface area contributed by atoms with Crippen LogP contribution in [0.4, 0.5) is 8.78 Å². The number of benzene rings is 1. The molecular formula is C13H15F2NO2. The number of piperidine rings is 1. The standard InChI is InChI=1S/C13H15F2NO2/c14-13(15)4-1-5-16(8-13)7-10-2-3-11-12(6-10)18-9-17-11/h2-3,6H,1,4-5,7-9H2. The summed E-state index contributed by atoms with van der Waals surface area (Å²) in [6, 6.07) is 5.61. The van der Waals surface area contributed by atoms with Crippen LogP contribution in [0.15, 0.2) is 18.2 Å². The predicted octanol–water partition coefficient (Wildman–Crippen LogP) is 2.65. The third-order valence-corrected chi connectivity index (χ3v) is 3.31. The Morgan fingerprint density at radius 1 is 1.22 bits per heavy atom. The first-order valence-electron chi connectivity index (χ1n) is 6.11. The lowest BCUT2D eigenvalue weighted by atomic mass is 10.1. The molecule has 0 spiro atoms. The number of hydrogen-bond donors (Lipinski definition) is 0. The molecule has 0 radical (unpaired) electrons. The van der Waals surface area contributed by atoms with Crippen molar-refractivity contribution in [2.45, 2.75) is 25.3 Å². The SMILES string of the molecule is FC1(F)CCCN(Cc2ccc3c(c2)OCO3)C1. The summed E-state index contributed by atoms with van der Waals surface area (Å²) in [5.41, 5.74) is 0.983. The van der Waals surface area contributed by atoms with Crippen molar-refractivity contribution in [3.05, 3.63) is 23.8 Å². The van der Waals surface area contributed by atoms with E-state index in [1.807, 2.05) is 18.2 Å². The van der Waals surface area contributed by atoms with Crippen molar-refractivity contribution in [3.8, 4) is 11.5 Å². The Morgan fingerprint density at radius 2 is 2.06 bits per heavy atom. The number of fused-ring (bicyclic) bond motifs is 1. The summed E-state index contributed by atoms with van der Waals surface area (Å²) < 4.78 is 37.1. The van der Waals surface area contributed by atoms with E-state index >= 15 is 0 Å². The highest BCUT2D eigenvalue weighted by molar-refractivity contribution is 5.44. The third-order valence-electron chi connectivity index (χ3n) is 3.31. The molecule has 2 aliphatic heterocycles. The molecular weight excluding hydrogens is 240 g/mol. The zero-order valence-corrected chi connectivity index (χ0v) is 9.99. The highest BCUT2D eigenvalue weighted by Crippen LogP contribution is 2.33. The van der Waals surface area contributed by atoms with E-state index in [0.29, 0.717) is 18.7 Å². The largest absolute Gasteiger partial charge is 0.454 e. The van der Waals surface area contributed by atoms with Crippen molar-refractivity contribution >= 4 is 0 Å². The lowest BCUT2D eigenvalue weighted by Crippen LogP contribution is -2.41. The fraction of sp³-hybridized carbons (Fsp3) is 0.538. The Kier molecular flexibility index (Phi) is 2.86. The van der Waals surface area contributed by atoms with Crippen molar-refractivity contribution in [2.24, 2.45) is 0 Å². The molecule has 2 heterocycles. The number of nitrogens with zero attached hydrogens (tertiary/aromatic N) is 1. The molecule has 3 rings (SSSR count). The fourth-order valence-electron chi connectivity index (χ4n) is 2.48. The molecule has 0 N–H and O–H groups in total. The number of halogens is 2. The lowest BCUT2D eigenvalue weighted by Gasteiger charge is -2.32. The number of ether oxygens (including phenoxy) is 2. The summed E-state index contributed by atoms with van der Waals surface area (Å²) in [6.45, 7) is 1.35. The topological polar surface area (TPSA) is 21.7 Å². The van der Waals surface area contributed by atoms with Crippen LogP contribution >= 0.6 is 0 Å². The smallest absolute Gasteiger partial charge is 0.260 e. The Hall–Kier alpha value is -1.36. The first kappa shape index (κ1) is 11.7. The van der Waals surface area contributed by atoms with Crippen LogP contribution in [0.1, 0.15) is 18.4 Å². The van der Waals surface area contributed by atoms with E-state index in [0.717, 1.165) is 17.9 Å². The van der Waals surface area contributed by atoms with Crippen LogP contribution in [0.2, 0.25) is 0 Å². The van der Waals surface area contributed by atoms with Crippen molar-refractivity contribution in [2.75, 3.05) is 19.9 Å². The van der Waals surface area contributed by atoms with Crippen molar-refractivity contribution in [1.29, 1.82) is 0 Å². The van der Waals surface area contributed by atoms with Crippen LogP contribution in [-0.4, -0.2) is 30.7 Å². The van der Waals surface area contributed by atoms with Crippen LogP contribution in [0.25, 0.3) is 0 Å². The molecule has 0 bridgehead atoms. The van der Waals surface area contributed by atoms with Crippen LogP contribution in [0.3, 0.4) is 0 Å². The van der Waals surface area contributed by atoms with Gasteiger partial charge in [0.1, 0.15) is 0 Å². The van der Waals surface area contributed by atoms with Gasteiger partial charge < -0.3 is 9.47 Å². The van der Waals surface area contributed by atoms with Crippen molar-refractivity contribution < 1.29 is 18.3 Å². The second kappa shape index (κ2) is 4.39. The summed E-state index contributed by atoms with van der Waals surface area (Å²) in [4.78, 5) is 1.79. The van der Waals surface area contributed by atoms with Gasteiger partial charge in [-0.1, -0.05) is 6.07 Å². The summed E-state index contributed by atoms with van der Waals surface area (Å²) in [5, 5.41) is 0. The van der Waals surface area contributed by atoms with Gasteiger partial charge in [0.05, 0.1) is 6.54 Å². The number of alkyl halides is 2. The fourth-order valence-corrected chi connectivity index (χ4v) is 2.48. The molecule has 0 aliphatic carbocycles. The molecule has 1 saturated heterocycles. The van der Waals surface area contributed by atoms with E-state index in [1.165, 1.54) is 0 Å². The average molecular weight is 255 g/mol. The predicted molar refractivity (Wildman–Crippen MR) is 62.0 cm³/mol. The normalized spacial score (nSPS) is 22.1. The molecule has 5 heteroatoms. The molecule has 98 valence electrons. The Labute approximate surface area is 104 Å². The number of hydrogen-bond acceptors (Lipinski definition) is 3. The average Bonchev–Trinajstić information content (AvgIpc) is 2.74. The van der Waals surface area contributed by atoms with E-state index < -0.39 is 5.92 Å². The van der Waals surface area contributed by atoms with Crippen LogP contribution in [0, 0.1) is 0 Å². The van der Waals surface area contributed by atoms with Gasteiger partial charge in [-0.25, -0.2) is 8.78 Å². The van der Waals surface area contributed by atoms with Gasteiger partial charge in [0, 0.05) is 13.0 Å². The Morgan fingerprint density at radius 3 is 2.89 bits per heavy atom. The quantitative estimate of drug-likeness (QED) is 0.811. The Balaban J connectivity index is 1.69. The monoisotopic (exact) mass is 255 g/mol. The first-order valence-corrected chi connectivity index (χ1v) is 6.11. The number of rotatable bonds is 2. The van der Waals surface area contributed by atoms with E-state index in [2.05, 4.69) is 0 Å². The maximum Gasteiger partial charge on any atom is 0.260 e. The van der Waals surface area contributed by atoms with Crippen LogP contribution in [0.5, 0.6) is 11.5 Å². The van der Waals surface area contributed by atoms with Gasteiger partial charge in [0.25, 0.3) is 5.92 Å². The minimum Gasteiger partial charge on any atom is -0.454 e. The van der Waals surface area contributed by atoms with E-state index in [1.54, 1.807) is 4.90 Å². The zero-order valence-electron chi connectivity index (χ0n) is 9.99. The highest BCUT2D eigenvalue weighted by atomic mass is 19.3. The molecule has 2 aliphatic rings. The Bertz CT molecular complexity index is 451. The molecule has 0 atom stereocenters. The lowest BCUT2D eigenvalue weighted by molar-refractivity contribution is -0.0661. The molecule has 1 aromatic rings.